The third kappa shape index (κ3) is 3.88. The number of hydrogen-bond acceptors (Lipinski definition) is 7. The first-order valence-corrected chi connectivity index (χ1v) is 11.8. The number of hydrogen-bond donors (Lipinski definition) is 2. The molecule has 8 nitrogen and oxygen atoms in total. The van der Waals surface area contributed by atoms with Crippen molar-refractivity contribution in [3.05, 3.63) is 52.2 Å². The van der Waals surface area contributed by atoms with Crippen LogP contribution < -0.4 is 10.9 Å². The largest absolute Gasteiger partial charge is 0.272 e. The van der Waals surface area contributed by atoms with Crippen molar-refractivity contribution in [3.8, 4) is 0 Å². The minimum absolute atomic E-state index is 0.0920. The summed E-state index contributed by atoms with van der Waals surface area (Å²) in [6, 6.07) is 7.12. The van der Waals surface area contributed by atoms with Gasteiger partial charge in [-0.25, -0.2) is 4.98 Å². The quantitative estimate of drug-likeness (QED) is 0.365. The molecule has 0 unspecified atom stereocenters. The fourth-order valence-corrected chi connectivity index (χ4v) is 5.63. The highest BCUT2D eigenvalue weighted by Crippen LogP contribution is 2.37. The molecule has 0 spiro atoms. The summed E-state index contributed by atoms with van der Waals surface area (Å²) in [6.45, 7) is 1.95. The number of nitrogens with one attached hydrogen (secondary N) is 2. The molecule has 4 aromatic rings. The van der Waals surface area contributed by atoms with Crippen LogP contribution >= 0.6 is 23.1 Å². The van der Waals surface area contributed by atoms with E-state index >= 15 is 0 Å². The van der Waals surface area contributed by atoms with Crippen molar-refractivity contribution < 1.29 is 9.59 Å². The second-order valence-electron chi connectivity index (χ2n) is 7.47. The summed E-state index contributed by atoms with van der Waals surface area (Å²) in [5, 5.41) is 10.3. The Morgan fingerprint density at radius 1 is 1.13 bits per heavy atom. The van der Waals surface area contributed by atoms with Crippen LogP contribution in [0.3, 0.4) is 0 Å². The van der Waals surface area contributed by atoms with Crippen molar-refractivity contribution in [2.75, 3.05) is 5.75 Å². The molecular formula is C21H20N6O2S2. The molecule has 0 fully saturated rings. The summed E-state index contributed by atoms with van der Waals surface area (Å²) in [6.07, 6.45) is 6.28. The van der Waals surface area contributed by atoms with Crippen molar-refractivity contribution in [3.63, 3.8) is 0 Å². The highest BCUT2D eigenvalue weighted by atomic mass is 32.2. The Balaban J connectivity index is 1.26. The van der Waals surface area contributed by atoms with Crippen LogP contribution in [0.1, 0.15) is 39.2 Å². The highest BCUT2D eigenvalue weighted by molar-refractivity contribution is 7.99. The topological polar surface area (TPSA) is 101 Å². The smallest absolute Gasteiger partial charge is 0.269 e. The maximum absolute atomic E-state index is 12.2. The number of rotatable bonds is 4. The molecule has 2 amide bonds. The summed E-state index contributed by atoms with van der Waals surface area (Å²) < 4.78 is 1.84. The van der Waals surface area contributed by atoms with Crippen LogP contribution in [-0.2, 0) is 17.6 Å². The summed E-state index contributed by atoms with van der Waals surface area (Å²) >= 11 is 3.00. The van der Waals surface area contributed by atoms with Gasteiger partial charge in [-0.1, -0.05) is 29.5 Å². The van der Waals surface area contributed by atoms with Gasteiger partial charge in [-0.05, 0) is 50.3 Å². The van der Waals surface area contributed by atoms with E-state index < -0.39 is 0 Å². The van der Waals surface area contributed by atoms with Crippen LogP contribution in [0.4, 0.5) is 0 Å². The lowest BCUT2D eigenvalue weighted by atomic mass is 9.97. The number of thioether (sulfide) groups is 1. The summed E-state index contributed by atoms with van der Waals surface area (Å²) in [5.74, 6) is -0.598. The predicted molar refractivity (Wildman–Crippen MR) is 120 cm³/mol. The van der Waals surface area contributed by atoms with Gasteiger partial charge in [0.1, 0.15) is 11.2 Å². The average molecular weight is 453 g/mol. The third-order valence-corrected chi connectivity index (χ3v) is 7.44. The molecule has 3 heterocycles. The molecule has 31 heavy (non-hydrogen) atoms. The third-order valence-electron chi connectivity index (χ3n) is 5.29. The Hall–Kier alpha value is -2.98. The predicted octanol–water partition coefficient (Wildman–Crippen LogP) is 3.08. The van der Waals surface area contributed by atoms with Crippen LogP contribution in [0.2, 0.25) is 0 Å². The molecule has 10 heteroatoms. The molecule has 2 N–H and O–H groups in total. The van der Waals surface area contributed by atoms with Crippen molar-refractivity contribution in [1.82, 2.24) is 30.4 Å². The number of aryl methyl sites for hydroxylation is 3. The molecule has 0 atom stereocenters. The molecule has 5 rings (SSSR count). The lowest BCUT2D eigenvalue weighted by Gasteiger charge is -2.10. The van der Waals surface area contributed by atoms with Gasteiger partial charge in [-0.2, -0.15) is 0 Å². The minimum Gasteiger partial charge on any atom is -0.272 e. The number of amides is 2. The van der Waals surface area contributed by atoms with Gasteiger partial charge in [0.2, 0.25) is 5.91 Å². The molecule has 158 valence electrons. The van der Waals surface area contributed by atoms with Crippen LogP contribution in [0.25, 0.3) is 15.9 Å². The molecule has 0 radical (unpaired) electrons. The number of hydrazine groups is 1. The van der Waals surface area contributed by atoms with E-state index in [0.717, 1.165) is 34.3 Å². The summed E-state index contributed by atoms with van der Waals surface area (Å²) in [7, 11) is 0. The molecule has 1 aliphatic carbocycles. The number of fused-ring (bicyclic) bond motifs is 5. The Labute approximate surface area is 186 Å². The maximum atomic E-state index is 12.2. The number of carbonyl (C=O) groups is 2. The zero-order valence-electron chi connectivity index (χ0n) is 16.8. The fraction of sp³-hybridized carbons (Fsp3) is 0.286. The SMILES string of the molecule is Cc1ccc(C(=O)NNC(=O)CSc2nnc3c4c5c(sc4ncn23)CCCC5)cc1. The van der Waals surface area contributed by atoms with Crippen molar-refractivity contribution in [1.29, 1.82) is 0 Å². The fourth-order valence-electron chi connectivity index (χ4n) is 3.70. The van der Waals surface area contributed by atoms with E-state index in [-0.39, 0.29) is 17.6 Å². The summed E-state index contributed by atoms with van der Waals surface area (Å²) in [4.78, 5) is 31.3. The second-order valence-corrected chi connectivity index (χ2v) is 9.49. The lowest BCUT2D eigenvalue weighted by molar-refractivity contribution is -0.119. The number of benzene rings is 1. The van der Waals surface area contributed by atoms with Crippen LogP contribution in [0.5, 0.6) is 0 Å². The minimum atomic E-state index is -0.361. The molecule has 1 aliphatic rings. The zero-order chi connectivity index (χ0) is 21.4. The van der Waals surface area contributed by atoms with E-state index in [0.29, 0.717) is 10.7 Å². The van der Waals surface area contributed by atoms with E-state index in [2.05, 4.69) is 26.0 Å². The average Bonchev–Trinajstić information content (AvgIpc) is 3.37. The van der Waals surface area contributed by atoms with E-state index in [1.54, 1.807) is 29.8 Å². The first-order valence-electron chi connectivity index (χ1n) is 10.0. The van der Waals surface area contributed by atoms with Crippen molar-refractivity contribution in [2.24, 2.45) is 0 Å². The Bertz CT molecular complexity index is 1290. The van der Waals surface area contributed by atoms with Gasteiger partial charge >= 0.3 is 0 Å². The number of carbonyl (C=O) groups excluding carboxylic acids is 2. The second kappa shape index (κ2) is 8.27. The maximum Gasteiger partial charge on any atom is 0.269 e. The van der Waals surface area contributed by atoms with Crippen LogP contribution in [0.15, 0.2) is 35.7 Å². The van der Waals surface area contributed by atoms with Gasteiger partial charge in [0.05, 0.1) is 11.1 Å². The molecule has 3 aromatic heterocycles. The van der Waals surface area contributed by atoms with E-state index in [4.69, 9.17) is 0 Å². The Morgan fingerprint density at radius 2 is 1.94 bits per heavy atom. The Kier molecular flexibility index (Phi) is 5.33. The van der Waals surface area contributed by atoms with Gasteiger partial charge in [0.25, 0.3) is 5.91 Å². The molecule has 0 saturated carbocycles. The van der Waals surface area contributed by atoms with E-state index in [1.165, 1.54) is 35.0 Å². The van der Waals surface area contributed by atoms with Crippen LogP contribution in [0, 0.1) is 6.92 Å². The highest BCUT2D eigenvalue weighted by Gasteiger charge is 2.21. The van der Waals surface area contributed by atoms with Crippen LogP contribution in [-0.4, -0.2) is 37.1 Å². The van der Waals surface area contributed by atoms with Crippen molar-refractivity contribution >= 4 is 50.8 Å². The summed E-state index contributed by atoms with van der Waals surface area (Å²) in [5.41, 5.74) is 8.56. The first-order chi connectivity index (χ1) is 15.1. The standard InChI is InChI=1S/C21H20N6O2S2/c1-12-6-8-13(9-7-12)19(29)25-23-16(28)10-30-21-26-24-18-17-14-4-2-3-5-15(14)31-20(17)22-11-27(18)21/h6-9,11H,2-5,10H2,1H3,(H,23,28)(H,25,29). The molecule has 0 aliphatic heterocycles. The monoisotopic (exact) mass is 452 g/mol. The zero-order valence-corrected chi connectivity index (χ0v) is 18.5. The van der Waals surface area contributed by atoms with E-state index in [9.17, 15) is 9.59 Å². The Morgan fingerprint density at radius 3 is 2.77 bits per heavy atom. The van der Waals surface area contributed by atoms with E-state index in [1.807, 2.05) is 23.5 Å². The van der Waals surface area contributed by atoms with Gasteiger partial charge in [0.15, 0.2) is 10.8 Å². The molecular weight excluding hydrogens is 432 g/mol. The van der Waals surface area contributed by atoms with Crippen molar-refractivity contribution in [2.45, 2.75) is 37.8 Å². The molecule has 0 saturated heterocycles. The first kappa shape index (κ1) is 20.0. The molecule has 0 bridgehead atoms. The van der Waals surface area contributed by atoms with Gasteiger partial charge in [0, 0.05) is 10.4 Å². The van der Waals surface area contributed by atoms with Gasteiger partial charge in [-0.15, -0.1) is 21.5 Å². The normalized spacial score (nSPS) is 13.3. The van der Waals surface area contributed by atoms with Gasteiger partial charge in [-0.3, -0.25) is 24.8 Å². The lowest BCUT2D eigenvalue weighted by Crippen LogP contribution is -2.42. The number of nitrogens with zero attached hydrogens (tertiary/aromatic N) is 4. The number of aromatic nitrogens is 4. The number of thiophene rings is 1. The molecule has 1 aromatic carbocycles. The van der Waals surface area contributed by atoms with Gasteiger partial charge < -0.3 is 0 Å².